The van der Waals surface area contributed by atoms with Gasteiger partial charge in [0.05, 0.1) is 37.6 Å². The minimum atomic E-state index is -1.76. The second kappa shape index (κ2) is 19.6. The van der Waals surface area contributed by atoms with Crippen LogP contribution in [0.5, 0.6) is 0 Å². The Balaban J connectivity index is 1.02. The van der Waals surface area contributed by atoms with E-state index in [-0.39, 0.29) is 40.3 Å². The molecule has 12 N–H and O–H groups in total. The summed E-state index contributed by atoms with van der Waals surface area (Å²) in [7, 11) is 0. The first-order valence-electron chi connectivity index (χ1n) is 24.4. The van der Waals surface area contributed by atoms with E-state index in [0.29, 0.717) is 38.5 Å². The molecule has 7 rings (SSSR count). The van der Waals surface area contributed by atoms with E-state index >= 15 is 4.79 Å². The molecule has 4 aliphatic carbocycles. The van der Waals surface area contributed by atoms with Crippen LogP contribution >= 0.6 is 0 Å². The first kappa shape index (κ1) is 53.5. The summed E-state index contributed by atoms with van der Waals surface area (Å²) >= 11 is 0. The van der Waals surface area contributed by atoms with E-state index in [4.69, 9.17) is 28.4 Å². The number of fused-ring (bicyclic) bond motifs is 5. The average molecular weight is 961 g/mol. The lowest BCUT2D eigenvalue weighted by Gasteiger charge is -2.65. The van der Waals surface area contributed by atoms with Crippen LogP contribution in [0.15, 0.2) is 11.6 Å². The van der Waals surface area contributed by atoms with Gasteiger partial charge in [0.1, 0.15) is 79.0 Å². The van der Waals surface area contributed by atoms with Gasteiger partial charge >= 0.3 is 0 Å². The Kier molecular flexibility index (Phi) is 15.7. The third-order valence-corrected chi connectivity index (χ3v) is 18.4. The highest BCUT2D eigenvalue weighted by atomic mass is 16.7. The molecule has 0 amide bonds. The molecule has 3 aliphatic heterocycles. The molecule has 0 radical (unpaired) electrons. The second-order valence-corrected chi connectivity index (χ2v) is 22.9. The Morgan fingerprint density at radius 2 is 1.24 bits per heavy atom. The summed E-state index contributed by atoms with van der Waals surface area (Å²) in [5.41, 5.74) is -2.07. The molecule has 0 aromatic heterocycles. The quantitative estimate of drug-likeness (QED) is 0.0944. The predicted molar refractivity (Wildman–Crippen MR) is 234 cm³/mol. The molecule has 0 bridgehead atoms. The Hall–Kier alpha value is -1.31. The number of ether oxygens (including phenoxy) is 6. The average Bonchev–Trinajstić information content (AvgIpc) is 3.54. The molecule has 3 saturated carbocycles. The minimum Gasteiger partial charge on any atom is -0.394 e. The number of carbonyl (C=O) groups excluding carboxylic acids is 1. The van der Waals surface area contributed by atoms with Gasteiger partial charge in [-0.25, -0.2) is 0 Å². The van der Waals surface area contributed by atoms with Gasteiger partial charge in [0.15, 0.2) is 18.9 Å². The number of allylic oxidation sites excluding steroid dienone is 1. The summed E-state index contributed by atoms with van der Waals surface area (Å²) in [5.74, 6) is 0.485. The lowest BCUT2D eigenvalue weighted by atomic mass is 9.38. The smallest absolute Gasteiger partial charge is 0.187 e. The molecule has 0 aromatic rings. The third-order valence-electron chi connectivity index (χ3n) is 18.4. The van der Waals surface area contributed by atoms with E-state index in [0.717, 1.165) is 18.4 Å². The van der Waals surface area contributed by atoms with Crippen molar-refractivity contribution in [3.05, 3.63) is 11.6 Å². The first-order valence-corrected chi connectivity index (χ1v) is 24.4. The molecule has 6 fully saturated rings. The van der Waals surface area contributed by atoms with Gasteiger partial charge in [-0.3, -0.25) is 4.79 Å². The Morgan fingerprint density at radius 3 is 1.82 bits per heavy atom. The lowest BCUT2D eigenvalue weighted by Crippen LogP contribution is -2.64. The van der Waals surface area contributed by atoms with Crippen molar-refractivity contribution in [3.63, 3.8) is 0 Å². The van der Waals surface area contributed by atoms with Crippen LogP contribution in [0.25, 0.3) is 0 Å². The molecule has 67 heavy (non-hydrogen) atoms. The van der Waals surface area contributed by atoms with Gasteiger partial charge in [0.25, 0.3) is 0 Å². The van der Waals surface area contributed by atoms with Crippen molar-refractivity contribution in [2.24, 2.45) is 45.3 Å². The highest BCUT2D eigenvalue weighted by Crippen LogP contribution is 2.74. The van der Waals surface area contributed by atoms with Crippen molar-refractivity contribution in [2.45, 2.75) is 217 Å². The number of rotatable bonds is 14. The molecule has 0 unspecified atom stereocenters. The summed E-state index contributed by atoms with van der Waals surface area (Å²) in [5, 5.41) is 126. The third kappa shape index (κ3) is 9.15. The number of aliphatic hydroxyl groups excluding tert-OH is 11. The van der Waals surface area contributed by atoms with Crippen LogP contribution < -0.4 is 0 Å². The molecular formula is C48H80O19. The van der Waals surface area contributed by atoms with E-state index in [1.807, 2.05) is 0 Å². The van der Waals surface area contributed by atoms with Crippen molar-refractivity contribution >= 4 is 5.78 Å². The summed E-state index contributed by atoms with van der Waals surface area (Å²) in [6.45, 7) is 14.5. The van der Waals surface area contributed by atoms with Crippen LogP contribution in [0.1, 0.15) is 107 Å². The number of aliphatic hydroxyl groups is 12. The number of hydrogen-bond donors (Lipinski definition) is 12. The van der Waals surface area contributed by atoms with Crippen LogP contribution in [0, 0.1) is 45.3 Å². The zero-order valence-electron chi connectivity index (χ0n) is 40.2. The normalized spacial score (nSPS) is 49.9. The van der Waals surface area contributed by atoms with Gasteiger partial charge in [-0.2, -0.15) is 0 Å². The van der Waals surface area contributed by atoms with Crippen molar-refractivity contribution in [2.75, 3.05) is 19.8 Å². The number of carbonyl (C=O) groups is 1. The van der Waals surface area contributed by atoms with E-state index in [2.05, 4.69) is 47.6 Å². The number of hydrogen-bond acceptors (Lipinski definition) is 19. The molecule has 7 aliphatic rings. The van der Waals surface area contributed by atoms with Crippen molar-refractivity contribution in [1.82, 2.24) is 0 Å². The van der Waals surface area contributed by atoms with E-state index in [1.54, 1.807) is 13.8 Å². The molecule has 3 saturated heterocycles. The van der Waals surface area contributed by atoms with Gasteiger partial charge in [0, 0.05) is 17.3 Å². The summed E-state index contributed by atoms with van der Waals surface area (Å²) in [6, 6.07) is 0. The van der Waals surface area contributed by atoms with Crippen LogP contribution in [-0.2, 0) is 33.2 Å². The Morgan fingerprint density at radius 1 is 0.701 bits per heavy atom. The second-order valence-electron chi connectivity index (χ2n) is 22.9. The van der Waals surface area contributed by atoms with Crippen LogP contribution in [-0.4, -0.2) is 197 Å². The Bertz CT molecular complexity index is 1750. The van der Waals surface area contributed by atoms with Crippen molar-refractivity contribution < 1.29 is 94.5 Å². The molecule has 0 spiro atoms. The van der Waals surface area contributed by atoms with E-state index in [9.17, 15) is 61.3 Å². The number of ketones is 1. The maximum absolute atomic E-state index is 15.0. The maximum Gasteiger partial charge on any atom is 0.187 e. The molecule has 0 aromatic carbocycles. The van der Waals surface area contributed by atoms with Crippen molar-refractivity contribution in [3.8, 4) is 0 Å². The first-order chi connectivity index (χ1) is 31.2. The monoisotopic (exact) mass is 961 g/mol. The van der Waals surface area contributed by atoms with E-state index < -0.39 is 141 Å². The lowest BCUT2D eigenvalue weighted by molar-refractivity contribution is -0.341. The molecule has 3 heterocycles. The zero-order chi connectivity index (χ0) is 49.5. The van der Waals surface area contributed by atoms with Gasteiger partial charge in [-0.05, 0) is 93.3 Å². The van der Waals surface area contributed by atoms with Crippen LogP contribution in [0.2, 0.25) is 0 Å². The fourth-order valence-corrected chi connectivity index (χ4v) is 13.9. The summed E-state index contributed by atoms with van der Waals surface area (Å²) in [6.07, 6.45) is -16.8. The topological polar surface area (TPSA) is 315 Å². The maximum atomic E-state index is 15.0. The highest BCUT2D eigenvalue weighted by molar-refractivity contribution is 5.88. The van der Waals surface area contributed by atoms with Gasteiger partial charge in [0.2, 0.25) is 0 Å². The summed E-state index contributed by atoms with van der Waals surface area (Å²) < 4.78 is 35.3. The largest absolute Gasteiger partial charge is 0.394 e. The van der Waals surface area contributed by atoms with E-state index in [1.165, 1.54) is 0 Å². The molecule has 24 atom stereocenters. The molecule has 19 heteroatoms. The highest BCUT2D eigenvalue weighted by Gasteiger charge is 2.70. The molecular weight excluding hydrogens is 881 g/mol. The minimum absolute atomic E-state index is 0.0400. The number of Topliss-reactive ketones (excluding diaryl/α,β-unsaturated/α-hetero) is 1. The van der Waals surface area contributed by atoms with Crippen LogP contribution in [0.3, 0.4) is 0 Å². The fraction of sp³-hybridized carbons (Fsp3) is 0.938. The zero-order valence-corrected chi connectivity index (χ0v) is 40.2. The fourth-order valence-electron chi connectivity index (χ4n) is 13.9. The van der Waals surface area contributed by atoms with Crippen LogP contribution in [0.4, 0.5) is 0 Å². The summed E-state index contributed by atoms with van der Waals surface area (Å²) in [4.78, 5) is 15.0. The SMILES string of the molecule is C[C@H](CC[C@@H](O[C@@H]1O[C@H](CO[C@@H]2O[C@H](CO)[C@@H](O)[C@H](O)[C@H]2O)[C@@H](O)[C@H](O)[C@H]1O)C(C)(C)O)[C@H]1CC[C@@]2(C)[C@H]3CC=C4[C@@H](CC[C@H](O[C@@H]5O[C@H](CO)[C@@H](O)[C@H](O)[C@H]5O)C4(C)C)[C@]3(C)C(=O)C[C@]12C. The molecule has 386 valence electrons. The van der Waals surface area contributed by atoms with Gasteiger partial charge in [-0.15, -0.1) is 0 Å². The standard InChI is InChI=1S/C48H80O19/c1-21(9-13-31(45(4,5)61)67-43-40(60)37(57)34(54)27(65-43)20-62-41-38(58)35(55)32(52)25(18-49)63-41)22-15-16-46(6)28-12-10-23-24(48(28,8)29(51)17-47(22,46)7)11-14-30(44(23,2)3)66-42-39(59)36(56)33(53)26(19-50)64-42/h10,21-22,24-28,30-43,49-50,52-61H,9,11-20H2,1-8H3/t21-,22-,24-,25-,26-,27-,28-,30+,31-,32-,33-,34-,35+,36+,37+,38-,39-,40-,41-,42+,43+,46+,47-,48+/m1/s1. The predicted octanol–water partition coefficient (Wildman–Crippen LogP) is -0.848. The Labute approximate surface area is 393 Å². The van der Waals surface area contributed by atoms with Crippen molar-refractivity contribution in [1.29, 1.82) is 0 Å². The van der Waals surface area contributed by atoms with Gasteiger partial charge in [-0.1, -0.05) is 53.2 Å². The molecule has 19 nitrogen and oxygen atoms in total. The van der Waals surface area contributed by atoms with Gasteiger partial charge < -0.3 is 89.7 Å².